The Hall–Kier alpha value is -4.05. The number of aromatic nitrogens is 8. The summed E-state index contributed by atoms with van der Waals surface area (Å²) < 4.78 is 58.4. The Balaban J connectivity index is 1.39. The molecule has 0 radical (unpaired) electrons. The highest BCUT2D eigenvalue weighted by molar-refractivity contribution is 8.09. The first kappa shape index (κ1) is 61.6. The number of nitriles is 2. The number of nitrogens with zero attached hydrogens (tertiary/aromatic N) is 8. The van der Waals surface area contributed by atoms with Crippen LogP contribution in [0.5, 0.6) is 0 Å². The van der Waals surface area contributed by atoms with Crippen LogP contribution in [0.15, 0.2) is 22.2 Å². The number of hydrogen-bond acceptors (Lipinski definition) is 20. The standard InChI is InChI=1S/C46H72N14O12P2S2Si2/c1-25(2)37(61)53-43-51-35-31(39(63)55-43)49-23-59(35)41-33(71-77(11,12)45(5,6)7)29-27(69-41)21-67-74(76,66-20-16-18-48)58-30-28(22-68-73(75,57-29)65-19-15-17-47)70-42(34(30)72-78(13,14)46(8,9)10)60-24-50-32-36(60)52-44(56-40(32)64)54-38(62)26(3)4/h23-30,33-34,41-42H,15-16,19-22H2,1-14H3,(H,57,75)(H,58,76)(H2,51,53,55,61,63)(H2,52,54,56,62,64)/t27-,28-,29-,30-,33?,34?,41-,42-,73?,74?/m1/s1. The van der Waals surface area contributed by atoms with Gasteiger partial charge in [0.05, 0.1) is 76.1 Å². The Morgan fingerprint density at radius 3 is 1.40 bits per heavy atom. The van der Waals surface area contributed by atoms with Crippen LogP contribution in [0.25, 0.3) is 22.3 Å². The molecule has 3 saturated heterocycles. The summed E-state index contributed by atoms with van der Waals surface area (Å²) in [5, 5.41) is 31.1. The average molecular weight is 1200 g/mol. The fourth-order valence-corrected chi connectivity index (χ4v) is 15.3. The largest absolute Gasteiger partial charge is 0.408 e. The SMILES string of the molecule is CC(C)C(=O)Nc1nc2c(ncn2[C@@H]2O[C@@H]3COP(=S)(OCCC#N)N[C@H]4C(O[Si](C)(C)C(C)(C)C)[C@H](n5cnc6c(=O)[nH]c(NC(=O)C(C)C)nc65)O[C@@H]4COP(=S)(OCCC#N)N[C@H]3C2O[Si](C)(C)C(C)(C)C)c(=O)[nH]1. The van der Waals surface area contributed by atoms with Gasteiger partial charge < -0.3 is 36.4 Å². The molecule has 6 N–H and O–H groups in total. The molecule has 428 valence electrons. The molecule has 32 heteroatoms. The van der Waals surface area contributed by atoms with Crippen molar-refractivity contribution >= 4 is 99.6 Å². The molecule has 4 unspecified atom stereocenters. The van der Waals surface area contributed by atoms with E-state index in [1.807, 2.05) is 0 Å². The molecule has 0 saturated carbocycles. The first-order valence-electron chi connectivity index (χ1n) is 25.6. The maximum absolute atomic E-state index is 13.6. The molecule has 3 fully saturated rings. The number of aromatic amines is 2. The zero-order valence-corrected chi connectivity index (χ0v) is 51.8. The van der Waals surface area contributed by atoms with E-state index in [1.54, 1.807) is 36.8 Å². The molecule has 0 aliphatic carbocycles. The zero-order chi connectivity index (χ0) is 57.5. The van der Waals surface area contributed by atoms with Crippen molar-refractivity contribution in [2.24, 2.45) is 11.8 Å². The number of rotatable bonds is 16. The number of hydrogen-bond donors (Lipinski definition) is 6. The van der Waals surface area contributed by atoms with E-state index in [2.05, 4.69) is 131 Å². The van der Waals surface area contributed by atoms with Gasteiger partial charge in [-0.3, -0.25) is 48.9 Å². The van der Waals surface area contributed by atoms with Crippen LogP contribution in [0.4, 0.5) is 11.9 Å². The van der Waals surface area contributed by atoms with Gasteiger partial charge in [-0.25, -0.2) is 20.1 Å². The zero-order valence-electron chi connectivity index (χ0n) is 46.4. The molecular weight excluding hydrogens is 1120 g/mol. The number of fused-ring (bicyclic) bond motifs is 4. The predicted molar refractivity (Wildman–Crippen MR) is 302 cm³/mol. The Morgan fingerprint density at radius 1 is 0.718 bits per heavy atom. The fraction of sp³-hybridized carbons (Fsp3) is 0.696. The third-order valence-corrected chi connectivity index (χ3v) is 28.6. The van der Waals surface area contributed by atoms with Gasteiger partial charge in [0, 0.05) is 11.8 Å². The van der Waals surface area contributed by atoms with Crippen LogP contribution < -0.4 is 31.9 Å². The van der Waals surface area contributed by atoms with Gasteiger partial charge in [-0.05, 0) is 59.9 Å². The minimum absolute atomic E-state index is 0.0369. The highest BCUT2D eigenvalue weighted by atomic mass is 32.5. The Kier molecular flexibility index (Phi) is 18.8. The first-order valence-corrected chi connectivity index (χ1v) is 36.7. The van der Waals surface area contributed by atoms with Crippen molar-refractivity contribution in [3.63, 3.8) is 0 Å². The van der Waals surface area contributed by atoms with Crippen LogP contribution in [-0.2, 0) is 69.6 Å². The summed E-state index contributed by atoms with van der Waals surface area (Å²) in [7, 11) is -5.61. The molecule has 7 rings (SSSR count). The summed E-state index contributed by atoms with van der Waals surface area (Å²) in [6, 6.07) is 2.31. The van der Waals surface area contributed by atoms with Gasteiger partial charge in [0.25, 0.3) is 24.4 Å². The molecule has 0 bridgehead atoms. The maximum atomic E-state index is 13.6. The lowest BCUT2D eigenvalue weighted by Gasteiger charge is -2.42. The third-order valence-electron chi connectivity index (χ3n) is 14.5. The smallest absolute Gasteiger partial charge is 0.280 e. The van der Waals surface area contributed by atoms with Crippen LogP contribution in [0, 0.1) is 34.5 Å². The quantitative estimate of drug-likeness (QED) is 0.0408. The van der Waals surface area contributed by atoms with E-state index in [4.69, 9.17) is 60.0 Å². The number of H-pyrrole nitrogens is 2. The summed E-state index contributed by atoms with van der Waals surface area (Å²) in [5.74, 6) is -1.82. The van der Waals surface area contributed by atoms with E-state index in [0.29, 0.717) is 0 Å². The topological polar surface area (TPSA) is 331 Å². The van der Waals surface area contributed by atoms with Crippen LogP contribution in [0.2, 0.25) is 36.3 Å². The van der Waals surface area contributed by atoms with Crippen LogP contribution in [0.1, 0.15) is 94.5 Å². The third kappa shape index (κ3) is 13.5. The lowest BCUT2D eigenvalue weighted by molar-refractivity contribution is -0.119. The number of anilines is 2. The first-order chi connectivity index (χ1) is 36.3. The Labute approximate surface area is 464 Å². The van der Waals surface area contributed by atoms with Gasteiger partial charge in [0.2, 0.25) is 23.7 Å². The Morgan fingerprint density at radius 2 is 1.08 bits per heavy atom. The minimum atomic E-state index is -3.80. The Bertz CT molecular complexity index is 2980. The second-order valence-corrected chi connectivity index (χ2v) is 38.9. The molecule has 0 aromatic carbocycles. The van der Waals surface area contributed by atoms with E-state index in [0.717, 1.165) is 0 Å². The van der Waals surface area contributed by atoms with Crippen LogP contribution >= 0.6 is 13.3 Å². The molecular formula is C46H72N14O12P2S2Si2. The van der Waals surface area contributed by atoms with Gasteiger partial charge in [-0.1, -0.05) is 69.2 Å². The minimum Gasteiger partial charge on any atom is -0.408 e. The monoisotopic (exact) mass is 1190 g/mol. The average Bonchev–Trinajstić information content (AvgIpc) is 4.19. The molecule has 3 aliphatic heterocycles. The van der Waals surface area contributed by atoms with E-state index in [9.17, 15) is 29.7 Å². The normalized spacial score (nSPS) is 27.5. The molecule has 26 nitrogen and oxygen atoms in total. The number of imidazole rings is 2. The lowest BCUT2D eigenvalue weighted by atomic mass is 10.1. The summed E-state index contributed by atoms with van der Waals surface area (Å²) in [5.41, 5.74) is -1.15. The second kappa shape index (κ2) is 23.8. The van der Waals surface area contributed by atoms with Crippen molar-refractivity contribution in [3.8, 4) is 12.1 Å². The van der Waals surface area contributed by atoms with E-state index >= 15 is 0 Å². The number of carbonyl (C=O) groups excluding carboxylic acids is 2. The molecule has 3 aliphatic rings. The maximum Gasteiger partial charge on any atom is 0.280 e. The van der Waals surface area contributed by atoms with E-state index < -0.39 is 102 Å². The molecule has 4 aromatic heterocycles. The van der Waals surface area contributed by atoms with Crippen LogP contribution in [-0.4, -0.2) is 130 Å². The summed E-state index contributed by atoms with van der Waals surface area (Å²) in [4.78, 5) is 76.2. The number of ether oxygens (including phenoxy) is 2. The summed E-state index contributed by atoms with van der Waals surface area (Å²) >= 11 is 12.8. The van der Waals surface area contributed by atoms with Crippen molar-refractivity contribution in [1.29, 1.82) is 10.5 Å². The fourth-order valence-electron chi connectivity index (χ4n) is 8.02. The van der Waals surface area contributed by atoms with Gasteiger partial charge >= 0.3 is 0 Å². The predicted octanol–water partition coefficient (Wildman–Crippen LogP) is 6.29. The van der Waals surface area contributed by atoms with Gasteiger partial charge in [0.15, 0.2) is 51.4 Å². The molecule has 2 amide bonds. The van der Waals surface area contributed by atoms with Crippen molar-refractivity contribution in [3.05, 3.63) is 33.4 Å². The van der Waals surface area contributed by atoms with Gasteiger partial charge in [-0.15, -0.1) is 0 Å². The molecule has 7 heterocycles. The van der Waals surface area contributed by atoms with Crippen molar-refractivity contribution < 1.29 is 46.0 Å². The second-order valence-electron chi connectivity index (χ2n) is 23.0. The van der Waals surface area contributed by atoms with Crippen molar-refractivity contribution in [2.45, 2.75) is 167 Å². The summed E-state index contributed by atoms with van der Waals surface area (Å²) in [6.45, 7) is 19.1. The molecule has 78 heavy (non-hydrogen) atoms. The van der Waals surface area contributed by atoms with E-state index in [1.165, 1.54) is 12.7 Å². The van der Waals surface area contributed by atoms with Crippen LogP contribution in [0.3, 0.4) is 0 Å². The number of amides is 2. The highest BCUT2D eigenvalue weighted by Crippen LogP contribution is 2.54. The number of nitrogens with one attached hydrogen (secondary N) is 6. The van der Waals surface area contributed by atoms with E-state index in [-0.39, 0.29) is 95.4 Å². The summed E-state index contributed by atoms with van der Waals surface area (Å²) in [6.07, 6.45) is -3.48. The van der Waals surface area contributed by atoms with Crippen molar-refractivity contribution in [1.82, 2.24) is 49.2 Å². The number of carbonyl (C=O) groups is 2. The highest BCUT2D eigenvalue weighted by Gasteiger charge is 2.56. The van der Waals surface area contributed by atoms with Gasteiger partial charge in [0.1, 0.15) is 24.4 Å². The van der Waals surface area contributed by atoms with Gasteiger partial charge in [-0.2, -0.15) is 20.5 Å². The lowest BCUT2D eigenvalue weighted by Crippen LogP contribution is -2.54. The van der Waals surface area contributed by atoms with Crippen molar-refractivity contribution in [2.75, 3.05) is 37.1 Å². The molecule has 0 spiro atoms. The molecule has 10 atom stereocenters. The molecule has 4 aromatic rings.